The van der Waals surface area contributed by atoms with Crippen LogP contribution >= 0.6 is 15.9 Å². The Kier molecular flexibility index (Phi) is 3.83. The minimum absolute atomic E-state index is 0.405. The van der Waals surface area contributed by atoms with Crippen LogP contribution in [0.2, 0.25) is 0 Å². The number of halogens is 1. The molecule has 1 aromatic rings. The molecule has 0 atom stereocenters. The van der Waals surface area contributed by atoms with Crippen LogP contribution in [0.4, 0.5) is 0 Å². The molecule has 0 aliphatic carbocycles. The molecule has 0 amide bonds. The highest BCUT2D eigenvalue weighted by molar-refractivity contribution is 9.10. The summed E-state index contributed by atoms with van der Waals surface area (Å²) in [6.07, 6.45) is 2.54. The lowest BCUT2D eigenvalue weighted by molar-refractivity contribution is -0.108. The van der Waals surface area contributed by atoms with E-state index in [9.17, 15) is 9.59 Å². The summed E-state index contributed by atoms with van der Waals surface area (Å²) in [4.78, 5) is 20.5. The van der Waals surface area contributed by atoms with Crippen LogP contribution in [0.5, 0.6) is 0 Å². The van der Waals surface area contributed by atoms with E-state index in [2.05, 4.69) is 15.9 Å². The SMILES string of the molecule is O=CCc1ccc(CC=O)c(Br)c1. The zero-order chi connectivity index (χ0) is 9.68. The van der Waals surface area contributed by atoms with Crippen LogP contribution in [0.15, 0.2) is 22.7 Å². The molecule has 0 saturated heterocycles. The molecule has 0 unspecified atom stereocenters. The standard InChI is InChI=1S/C10H9BrO2/c11-10-7-8(3-5-12)1-2-9(10)4-6-13/h1-2,5-7H,3-4H2. The van der Waals surface area contributed by atoms with Gasteiger partial charge in [-0.15, -0.1) is 0 Å². The van der Waals surface area contributed by atoms with Gasteiger partial charge in [-0.05, 0) is 17.2 Å². The summed E-state index contributed by atoms with van der Waals surface area (Å²) in [6, 6.07) is 5.59. The quantitative estimate of drug-likeness (QED) is 0.755. The molecule has 0 N–H and O–H groups in total. The highest BCUT2D eigenvalue weighted by Gasteiger charge is 2.00. The molecule has 0 spiro atoms. The lowest BCUT2D eigenvalue weighted by Gasteiger charge is -2.01. The Hall–Kier alpha value is -0.960. The van der Waals surface area contributed by atoms with Crippen molar-refractivity contribution in [3.8, 4) is 0 Å². The van der Waals surface area contributed by atoms with Crippen LogP contribution in [0.25, 0.3) is 0 Å². The molecule has 1 rings (SSSR count). The van der Waals surface area contributed by atoms with Gasteiger partial charge in [-0.3, -0.25) is 0 Å². The second-order valence-electron chi connectivity index (χ2n) is 2.67. The van der Waals surface area contributed by atoms with Crippen molar-refractivity contribution in [2.75, 3.05) is 0 Å². The van der Waals surface area contributed by atoms with Crippen molar-refractivity contribution in [3.05, 3.63) is 33.8 Å². The summed E-state index contributed by atoms with van der Waals surface area (Å²) in [5.41, 5.74) is 1.90. The van der Waals surface area contributed by atoms with Gasteiger partial charge in [0.05, 0.1) is 0 Å². The second kappa shape index (κ2) is 4.92. The monoisotopic (exact) mass is 240 g/mol. The number of benzene rings is 1. The van der Waals surface area contributed by atoms with Gasteiger partial charge in [-0.2, -0.15) is 0 Å². The summed E-state index contributed by atoms with van der Waals surface area (Å²) in [7, 11) is 0. The molecule has 68 valence electrons. The third-order valence-electron chi connectivity index (χ3n) is 1.74. The summed E-state index contributed by atoms with van der Waals surface area (Å²) < 4.78 is 0.888. The molecule has 0 aliphatic rings. The van der Waals surface area contributed by atoms with E-state index < -0.39 is 0 Å². The molecule has 0 radical (unpaired) electrons. The van der Waals surface area contributed by atoms with Crippen molar-refractivity contribution in [2.24, 2.45) is 0 Å². The van der Waals surface area contributed by atoms with E-state index in [0.717, 1.165) is 28.2 Å². The number of rotatable bonds is 4. The summed E-state index contributed by atoms with van der Waals surface area (Å²) in [6.45, 7) is 0. The fourth-order valence-electron chi connectivity index (χ4n) is 1.07. The number of carbonyl (C=O) groups excluding carboxylic acids is 2. The average Bonchev–Trinajstić information content (AvgIpc) is 2.10. The van der Waals surface area contributed by atoms with Crippen LogP contribution in [-0.2, 0) is 22.4 Å². The maximum Gasteiger partial charge on any atom is 0.124 e. The van der Waals surface area contributed by atoms with Crippen molar-refractivity contribution in [1.82, 2.24) is 0 Å². The van der Waals surface area contributed by atoms with Crippen molar-refractivity contribution in [1.29, 1.82) is 0 Å². The Morgan fingerprint density at radius 1 is 1.15 bits per heavy atom. The molecular weight excluding hydrogens is 232 g/mol. The summed E-state index contributed by atoms with van der Waals surface area (Å²) in [5, 5.41) is 0. The highest BCUT2D eigenvalue weighted by atomic mass is 79.9. The minimum Gasteiger partial charge on any atom is -0.303 e. The van der Waals surface area contributed by atoms with Crippen molar-refractivity contribution >= 4 is 28.5 Å². The van der Waals surface area contributed by atoms with Gasteiger partial charge < -0.3 is 9.59 Å². The first-order valence-electron chi connectivity index (χ1n) is 3.92. The van der Waals surface area contributed by atoms with Crippen LogP contribution in [0.3, 0.4) is 0 Å². The van der Waals surface area contributed by atoms with E-state index in [1.54, 1.807) is 0 Å². The Labute approximate surface area is 85.1 Å². The first-order chi connectivity index (χ1) is 6.27. The van der Waals surface area contributed by atoms with Gasteiger partial charge in [0.15, 0.2) is 0 Å². The van der Waals surface area contributed by atoms with E-state index in [1.807, 2.05) is 18.2 Å². The van der Waals surface area contributed by atoms with Crippen LogP contribution < -0.4 is 0 Å². The highest BCUT2D eigenvalue weighted by Crippen LogP contribution is 2.18. The first-order valence-corrected chi connectivity index (χ1v) is 4.72. The van der Waals surface area contributed by atoms with Gasteiger partial charge in [0.25, 0.3) is 0 Å². The Morgan fingerprint density at radius 2 is 1.85 bits per heavy atom. The molecule has 0 saturated carbocycles. The molecule has 2 nitrogen and oxygen atoms in total. The van der Waals surface area contributed by atoms with Gasteiger partial charge in [0.2, 0.25) is 0 Å². The molecule has 0 aliphatic heterocycles. The third kappa shape index (κ3) is 2.77. The maximum atomic E-state index is 10.3. The Balaban J connectivity index is 2.90. The fraction of sp³-hybridized carbons (Fsp3) is 0.200. The number of aldehydes is 2. The lowest BCUT2D eigenvalue weighted by Crippen LogP contribution is -1.91. The molecular formula is C10H9BrO2. The summed E-state index contributed by atoms with van der Waals surface area (Å²) >= 11 is 3.34. The summed E-state index contributed by atoms with van der Waals surface area (Å²) in [5.74, 6) is 0. The first kappa shape index (κ1) is 10.1. The third-order valence-corrected chi connectivity index (χ3v) is 2.48. The van der Waals surface area contributed by atoms with Gasteiger partial charge in [0.1, 0.15) is 12.6 Å². The molecule has 0 fully saturated rings. The molecule has 0 bridgehead atoms. The molecule has 0 heterocycles. The van der Waals surface area contributed by atoms with E-state index in [-0.39, 0.29) is 0 Å². The number of carbonyl (C=O) groups is 2. The fourth-order valence-corrected chi connectivity index (χ4v) is 1.66. The van der Waals surface area contributed by atoms with Crippen LogP contribution in [0, 0.1) is 0 Å². The number of hydrogen-bond acceptors (Lipinski definition) is 2. The van der Waals surface area contributed by atoms with E-state index >= 15 is 0 Å². The van der Waals surface area contributed by atoms with Gasteiger partial charge >= 0.3 is 0 Å². The smallest absolute Gasteiger partial charge is 0.124 e. The molecule has 13 heavy (non-hydrogen) atoms. The zero-order valence-corrected chi connectivity index (χ0v) is 8.58. The zero-order valence-electron chi connectivity index (χ0n) is 7.00. The predicted molar refractivity (Wildman–Crippen MR) is 53.7 cm³/mol. The van der Waals surface area contributed by atoms with Gasteiger partial charge in [-0.1, -0.05) is 28.1 Å². The Bertz CT molecular complexity index is 321. The van der Waals surface area contributed by atoms with Crippen molar-refractivity contribution in [2.45, 2.75) is 12.8 Å². The largest absolute Gasteiger partial charge is 0.303 e. The van der Waals surface area contributed by atoms with Crippen molar-refractivity contribution in [3.63, 3.8) is 0 Å². The minimum atomic E-state index is 0.405. The van der Waals surface area contributed by atoms with E-state index in [0.29, 0.717) is 12.8 Å². The lowest BCUT2D eigenvalue weighted by atomic mass is 10.1. The normalized spacial score (nSPS) is 9.62. The van der Waals surface area contributed by atoms with E-state index in [4.69, 9.17) is 0 Å². The molecule has 3 heteroatoms. The maximum absolute atomic E-state index is 10.3. The predicted octanol–water partition coefficient (Wildman–Crippen LogP) is 1.93. The van der Waals surface area contributed by atoms with Crippen LogP contribution in [-0.4, -0.2) is 12.6 Å². The molecule has 1 aromatic carbocycles. The average molecular weight is 241 g/mol. The van der Waals surface area contributed by atoms with Crippen molar-refractivity contribution < 1.29 is 9.59 Å². The van der Waals surface area contributed by atoms with Crippen LogP contribution in [0.1, 0.15) is 11.1 Å². The Morgan fingerprint density at radius 3 is 2.38 bits per heavy atom. The van der Waals surface area contributed by atoms with E-state index in [1.165, 1.54) is 0 Å². The van der Waals surface area contributed by atoms with Gasteiger partial charge in [-0.25, -0.2) is 0 Å². The topological polar surface area (TPSA) is 34.1 Å². The number of hydrogen-bond donors (Lipinski definition) is 0. The van der Waals surface area contributed by atoms with Gasteiger partial charge in [0, 0.05) is 17.3 Å². The molecule has 0 aromatic heterocycles. The second-order valence-corrected chi connectivity index (χ2v) is 3.52.